The van der Waals surface area contributed by atoms with Gasteiger partial charge in [0.2, 0.25) is 0 Å². The highest BCUT2D eigenvalue weighted by molar-refractivity contribution is 6.55. The maximum Gasteiger partial charge on any atom is 0.337 e. The van der Waals surface area contributed by atoms with E-state index in [-0.39, 0.29) is 28.3 Å². The fourth-order valence-electron chi connectivity index (χ4n) is 4.74. The molecule has 0 spiro atoms. The zero-order chi connectivity index (χ0) is 28.6. The van der Waals surface area contributed by atoms with Crippen molar-refractivity contribution in [1.82, 2.24) is 0 Å². The van der Waals surface area contributed by atoms with E-state index in [4.69, 9.17) is 4.74 Å². The number of carboxylic acids is 1. The van der Waals surface area contributed by atoms with E-state index in [0.717, 1.165) is 11.1 Å². The molecule has 0 atom stereocenters. The van der Waals surface area contributed by atoms with E-state index in [2.05, 4.69) is 10.5 Å². The summed E-state index contributed by atoms with van der Waals surface area (Å²) in [6.07, 6.45) is 0. The molecule has 0 saturated carbocycles. The zero-order valence-electron chi connectivity index (χ0n) is 21.9. The van der Waals surface area contributed by atoms with Gasteiger partial charge in [-0.3, -0.25) is 15.1 Å². The van der Waals surface area contributed by atoms with E-state index in [1.54, 1.807) is 48.5 Å². The average molecular weight is 536 g/mol. The van der Waals surface area contributed by atoms with Crippen LogP contribution in [-0.4, -0.2) is 40.9 Å². The molecule has 9 nitrogen and oxygen atoms in total. The Morgan fingerprint density at radius 1 is 0.875 bits per heavy atom. The number of nitrogens with one attached hydrogen (secondary N) is 1. The van der Waals surface area contributed by atoms with Crippen molar-refractivity contribution in [1.29, 1.82) is 0 Å². The summed E-state index contributed by atoms with van der Waals surface area (Å²) in [5, 5.41) is 24.7. The van der Waals surface area contributed by atoms with E-state index >= 15 is 0 Å². The van der Waals surface area contributed by atoms with Crippen molar-refractivity contribution >= 4 is 40.6 Å². The number of hydrogen-bond acceptors (Lipinski definition) is 7. The number of carbonyl (C=O) groups excluding carboxylic acids is 2. The minimum Gasteiger partial charge on any atom is -0.505 e. The molecule has 0 fully saturated rings. The van der Waals surface area contributed by atoms with Crippen molar-refractivity contribution in [3.63, 3.8) is 0 Å². The molecule has 0 saturated heterocycles. The number of aromatic carboxylic acids is 1. The minimum atomic E-state index is -1.08. The summed E-state index contributed by atoms with van der Waals surface area (Å²) >= 11 is 0. The number of aryl methyl sites for hydroxylation is 2. The van der Waals surface area contributed by atoms with Crippen LogP contribution < -0.4 is 10.3 Å². The first kappa shape index (κ1) is 26.2. The number of ether oxygens (including phenoxy) is 1. The third-order valence-corrected chi connectivity index (χ3v) is 6.53. The number of phenolic OH excluding ortho intramolecular Hbond substituents is 1. The quantitative estimate of drug-likeness (QED) is 0.165. The number of nitrogens with zero attached hydrogens (tertiary/aromatic N) is 2. The van der Waals surface area contributed by atoms with Crippen LogP contribution in [0.15, 0.2) is 84.0 Å². The van der Waals surface area contributed by atoms with Crippen molar-refractivity contribution < 1.29 is 29.3 Å². The number of phenols is 1. The maximum absolute atomic E-state index is 13.8. The van der Waals surface area contributed by atoms with Crippen molar-refractivity contribution in [3.05, 3.63) is 107 Å². The molecular weight excluding hydrogens is 510 g/mol. The highest BCUT2D eigenvalue weighted by atomic mass is 16.5. The normalized spacial score (nSPS) is 13.3. The second kappa shape index (κ2) is 10.4. The van der Waals surface area contributed by atoms with Gasteiger partial charge in [-0.1, -0.05) is 30.3 Å². The van der Waals surface area contributed by atoms with Crippen LogP contribution >= 0.6 is 0 Å². The highest BCUT2D eigenvalue weighted by Crippen LogP contribution is 2.39. The Morgan fingerprint density at radius 2 is 1.60 bits per heavy atom. The lowest BCUT2D eigenvalue weighted by atomic mass is 10.0. The highest BCUT2D eigenvalue weighted by Gasteiger charge is 2.36. The first-order valence-corrected chi connectivity index (χ1v) is 12.3. The molecule has 0 unspecified atom stereocenters. The van der Waals surface area contributed by atoms with Gasteiger partial charge in [0.1, 0.15) is 5.75 Å². The Labute approximate surface area is 230 Å². The first-order valence-electron chi connectivity index (χ1n) is 12.3. The number of anilines is 3. The maximum atomic E-state index is 13.8. The molecule has 5 rings (SSSR count). The molecule has 9 heteroatoms. The number of fused-ring (bicyclic) bond motifs is 1. The van der Waals surface area contributed by atoms with Gasteiger partial charge in [0.25, 0.3) is 5.91 Å². The van der Waals surface area contributed by atoms with E-state index in [0.29, 0.717) is 28.1 Å². The van der Waals surface area contributed by atoms with Gasteiger partial charge in [-0.25, -0.2) is 9.59 Å². The molecule has 0 bridgehead atoms. The predicted octanol–water partition coefficient (Wildman–Crippen LogP) is 5.66. The van der Waals surface area contributed by atoms with Gasteiger partial charge < -0.3 is 14.9 Å². The number of carboxylic acid groups (broad SMARTS) is 1. The lowest BCUT2D eigenvalue weighted by Crippen LogP contribution is -2.26. The second-order valence-corrected chi connectivity index (χ2v) is 9.37. The molecule has 4 aromatic rings. The van der Waals surface area contributed by atoms with Crippen LogP contribution in [0.2, 0.25) is 0 Å². The third-order valence-electron chi connectivity index (χ3n) is 6.53. The van der Waals surface area contributed by atoms with Crippen LogP contribution in [0.1, 0.15) is 37.4 Å². The number of esters is 1. The Morgan fingerprint density at radius 3 is 2.30 bits per heavy atom. The van der Waals surface area contributed by atoms with Crippen LogP contribution in [0.5, 0.6) is 5.75 Å². The van der Waals surface area contributed by atoms with Crippen LogP contribution in [-0.2, 0) is 9.53 Å². The summed E-state index contributed by atoms with van der Waals surface area (Å²) in [5.41, 5.74) is 7.89. The van der Waals surface area contributed by atoms with Gasteiger partial charge in [-0.15, -0.1) is 0 Å². The van der Waals surface area contributed by atoms with Gasteiger partial charge in [0.15, 0.2) is 5.71 Å². The summed E-state index contributed by atoms with van der Waals surface area (Å²) in [6.45, 7) is 3.86. The van der Waals surface area contributed by atoms with E-state index in [9.17, 15) is 24.6 Å². The topological polar surface area (TPSA) is 129 Å². The third kappa shape index (κ3) is 4.76. The molecule has 1 aliphatic heterocycles. The summed E-state index contributed by atoms with van der Waals surface area (Å²) in [4.78, 5) is 38.9. The Bertz CT molecular complexity index is 1710. The number of hydrogen-bond donors (Lipinski definition) is 3. The van der Waals surface area contributed by atoms with Gasteiger partial charge in [0.05, 0.1) is 29.6 Å². The molecule has 1 amide bonds. The van der Waals surface area contributed by atoms with E-state index < -0.39 is 17.8 Å². The fraction of sp³-hybridized carbons (Fsp3) is 0.0968. The number of para-hydroxylation sites is 1. The number of hydrazone groups is 1. The number of rotatable bonds is 6. The number of carbonyl (C=O) groups is 3. The average Bonchev–Trinajstić information content (AvgIpc) is 3.21. The Kier molecular flexibility index (Phi) is 6.79. The predicted molar refractivity (Wildman–Crippen MR) is 152 cm³/mol. The van der Waals surface area contributed by atoms with E-state index in [1.165, 1.54) is 24.1 Å². The molecule has 40 heavy (non-hydrogen) atoms. The lowest BCUT2D eigenvalue weighted by molar-refractivity contribution is -0.111. The summed E-state index contributed by atoms with van der Waals surface area (Å²) in [7, 11) is 1.29. The number of methoxy groups -OCH3 is 1. The van der Waals surface area contributed by atoms with Crippen molar-refractivity contribution in [2.45, 2.75) is 13.8 Å². The number of amides is 1. The minimum absolute atomic E-state index is 0.0847. The zero-order valence-corrected chi connectivity index (χ0v) is 21.9. The van der Waals surface area contributed by atoms with Crippen molar-refractivity contribution in [2.75, 3.05) is 17.4 Å². The molecule has 1 aliphatic rings. The van der Waals surface area contributed by atoms with Gasteiger partial charge in [-0.2, -0.15) is 5.10 Å². The fourth-order valence-corrected chi connectivity index (χ4v) is 4.74. The van der Waals surface area contributed by atoms with Crippen LogP contribution in [0.25, 0.3) is 11.1 Å². The molecule has 0 radical (unpaired) electrons. The van der Waals surface area contributed by atoms with Crippen molar-refractivity contribution in [2.24, 2.45) is 5.10 Å². The Hall–Kier alpha value is -5.44. The van der Waals surface area contributed by atoms with Crippen LogP contribution in [0.3, 0.4) is 0 Å². The van der Waals surface area contributed by atoms with Crippen LogP contribution in [0, 0.1) is 13.8 Å². The molecule has 4 aromatic carbocycles. The number of aromatic hydroxyl groups is 1. The number of benzene rings is 4. The molecule has 3 N–H and O–H groups in total. The summed E-state index contributed by atoms with van der Waals surface area (Å²) < 4.78 is 4.87. The molecule has 1 heterocycles. The standard InChI is InChI=1S/C31H25N3O6/c1-17-12-18(2)14-22(13-17)34-26-16-21(31(39)40-3)10-11-24(26)27(29(34)36)33-32-25-9-5-8-23(28(25)35)19-6-4-7-20(15-19)30(37)38/h4-16,32,35H,1-3H3,(H,37,38). The van der Waals surface area contributed by atoms with Gasteiger partial charge >= 0.3 is 11.9 Å². The van der Waals surface area contributed by atoms with E-state index in [1.807, 2.05) is 32.0 Å². The van der Waals surface area contributed by atoms with Crippen molar-refractivity contribution in [3.8, 4) is 16.9 Å². The largest absolute Gasteiger partial charge is 0.505 e. The summed E-state index contributed by atoms with van der Waals surface area (Å²) in [5.74, 6) is -2.19. The summed E-state index contributed by atoms with van der Waals surface area (Å²) in [6, 6.07) is 21.7. The smallest absolute Gasteiger partial charge is 0.337 e. The first-order chi connectivity index (χ1) is 19.2. The SMILES string of the molecule is COC(=O)c1ccc2c(c1)N(c1cc(C)cc(C)c1)C(=O)C2=NNc1cccc(-c2cccc(C(=O)O)c2)c1O. The van der Waals surface area contributed by atoms with Gasteiger partial charge in [-0.05, 0) is 79.1 Å². The Balaban J connectivity index is 1.56. The monoisotopic (exact) mass is 535 g/mol. The lowest BCUT2D eigenvalue weighted by Gasteiger charge is -2.19. The van der Waals surface area contributed by atoms with Crippen LogP contribution in [0.4, 0.5) is 17.1 Å². The molecule has 0 aliphatic carbocycles. The molecular formula is C31H25N3O6. The molecule has 200 valence electrons. The second-order valence-electron chi connectivity index (χ2n) is 9.37. The van der Waals surface area contributed by atoms with Gasteiger partial charge in [0, 0.05) is 16.8 Å². The molecule has 0 aromatic heterocycles.